The van der Waals surface area contributed by atoms with E-state index in [9.17, 15) is 9.59 Å². The third-order valence-corrected chi connectivity index (χ3v) is 6.88. The molecule has 0 N–H and O–H groups in total. The molecule has 0 aliphatic rings. The molecule has 3 aromatic rings. The highest BCUT2D eigenvalue weighted by molar-refractivity contribution is 7.52. The molecular weight excluding hydrogens is 383 g/mol. The van der Waals surface area contributed by atoms with Gasteiger partial charge in [-0.15, -0.1) is 7.53 Å². The first kappa shape index (κ1) is 20.9. The predicted octanol–water partition coefficient (Wildman–Crippen LogP) is 6.14. The van der Waals surface area contributed by atoms with Crippen LogP contribution in [0.4, 0.5) is 0 Å². The molecule has 4 nitrogen and oxygen atoms in total. The monoisotopic (exact) mass is 408 g/mol. The second-order valence-corrected chi connectivity index (χ2v) is 8.56. The van der Waals surface area contributed by atoms with Crippen LogP contribution in [0, 0.1) is 0 Å². The Morgan fingerprint density at radius 1 is 0.828 bits per heavy atom. The van der Waals surface area contributed by atoms with Crippen LogP contribution in [-0.4, -0.2) is 25.2 Å². The summed E-state index contributed by atoms with van der Waals surface area (Å²) in [6, 6.07) is 20.0. The average Bonchev–Trinajstić information content (AvgIpc) is 3.13. The third-order valence-electron chi connectivity index (χ3n) is 4.55. The smallest absolute Gasteiger partial charge is 0.339 e. The van der Waals surface area contributed by atoms with Crippen molar-refractivity contribution in [3.05, 3.63) is 72.0 Å². The molecule has 0 aliphatic carbocycles. The molecule has 0 saturated carbocycles. The first-order chi connectivity index (χ1) is 14.2. The highest BCUT2D eigenvalue weighted by atomic mass is 31.1. The molecule has 0 aliphatic heterocycles. The van der Waals surface area contributed by atoms with Gasteiger partial charge in [-0.05, 0) is 36.9 Å². The molecule has 1 aromatic heterocycles. The number of benzene rings is 2. The van der Waals surface area contributed by atoms with Crippen molar-refractivity contribution in [2.45, 2.75) is 26.4 Å². The van der Waals surface area contributed by atoms with Gasteiger partial charge in [0, 0.05) is 10.9 Å². The summed E-state index contributed by atoms with van der Waals surface area (Å²) in [6.07, 6.45) is 0.961. The molecular formula is C24H25O4P. The molecule has 1 heterocycles. The molecule has 0 fully saturated rings. The van der Waals surface area contributed by atoms with Crippen molar-refractivity contribution >= 4 is 19.5 Å². The van der Waals surface area contributed by atoms with Gasteiger partial charge in [0.2, 0.25) is 0 Å². The van der Waals surface area contributed by atoms with Crippen LogP contribution in [0.1, 0.15) is 30.6 Å². The van der Waals surface area contributed by atoms with Crippen LogP contribution in [0.5, 0.6) is 0 Å². The van der Waals surface area contributed by atoms with Gasteiger partial charge < -0.3 is 9.47 Å². The lowest BCUT2D eigenvalue weighted by molar-refractivity contribution is -0.142. The number of ether oxygens (including phenoxy) is 2. The Morgan fingerprint density at radius 2 is 1.41 bits per heavy atom. The Morgan fingerprint density at radius 3 is 2.00 bits per heavy atom. The minimum Gasteiger partial charge on any atom is -0.466 e. The van der Waals surface area contributed by atoms with Gasteiger partial charge in [-0.2, -0.15) is 0 Å². The topological polar surface area (TPSA) is 52.6 Å². The number of hydrogen-bond donors (Lipinski definition) is 0. The van der Waals surface area contributed by atoms with E-state index in [1.807, 2.05) is 54.3 Å². The normalized spacial score (nSPS) is 11.2. The zero-order valence-corrected chi connectivity index (χ0v) is 17.7. The molecule has 0 spiro atoms. The molecule has 3 rings (SSSR count). The van der Waals surface area contributed by atoms with E-state index in [2.05, 4.69) is 12.1 Å². The van der Waals surface area contributed by atoms with Crippen LogP contribution >= 0.6 is 7.53 Å². The third kappa shape index (κ3) is 4.96. The molecule has 0 amide bonds. The van der Waals surface area contributed by atoms with Crippen LogP contribution < -0.4 is 0 Å². The lowest BCUT2D eigenvalue weighted by Crippen LogP contribution is -2.04. The summed E-state index contributed by atoms with van der Waals surface area (Å²) in [5.41, 5.74) is 3.54. The largest absolute Gasteiger partial charge is 0.466 e. The van der Waals surface area contributed by atoms with Crippen molar-refractivity contribution in [1.29, 1.82) is 0 Å². The number of carbonyl (C=O) groups excluding carboxylic acids is 2. The molecule has 5 heteroatoms. The van der Waals surface area contributed by atoms with Crippen molar-refractivity contribution in [2.75, 3.05) is 13.2 Å². The van der Waals surface area contributed by atoms with E-state index in [1.165, 1.54) is 0 Å². The molecule has 1 atom stereocenters. The summed E-state index contributed by atoms with van der Waals surface area (Å²) in [5, 5.41) is 1.11. The Bertz CT molecular complexity index is 961. The van der Waals surface area contributed by atoms with Gasteiger partial charge in [-0.25, -0.2) is 4.79 Å². The average molecular weight is 408 g/mol. The summed E-state index contributed by atoms with van der Waals surface area (Å²) in [4.78, 5) is 24.8. The van der Waals surface area contributed by atoms with E-state index in [4.69, 9.17) is 9.47 Å². The Balaban J connectivity index is 2.17. The van der Waals surface area contributed by atoms with Gasteiger partial charge in [0.15, 0.2) is 0 Å². The van der Waals surface area contributed by atoms with Crippen LogP contribution in [0.25, 0.3) is 22.0 Å². The van der Waals surface area contributed by atoms with Gasteiger partial charge >= 0.3 is 11.9 Å². The van der Waals surface area contributed by atoms with E-state index in [-0.39, 0.29) is 11.9 Å². The summed E-state index contributed by atoms with van der Waals surface area (Å²) >= 11 is 0. The standard InChI is InChI=1S/C24H25O4P/c1-3-27-21(25)15-16-29-17-20(24(26)28-4-2)22(18-11-7-5-8-12-18)23(29)19-13-9-6-10-14-19/h5-14,17H,3-4,15-16H2,1-2H3. The summed E-state index contributed by atoms with van der Waals surface area (Å²) in [6.45, 7) is 4.30. The van der Waals surface area contributed by atoms with Crippen molar-refractivity contribution in [2.24, 2.45) is 0 Å². The molecule has 0 saturated heterocycles. The van der Waals surface area contributed by atoms with E-state index in [0.29, 0.717) is 31.4 Å². The van der Waals surface area contributed by atoms with Gasteiger partial charge in [0.25, 0.3) is 0 Å². The lowest BCUT2D eigenvalue weighted by atomic mass is 9.98. The molecule has 150 valence electrons. The number of carbonyl (C=O) groups is 2. The SMILES string of the molecule is CCOC(=O)CCp1cc(C(=O)OCC)c(-c2ccccc2)c1-c1ccccc1. The summed E-state index contributed by atoms with van der Waals surface area (Å²) in [7, 11) is -0.858. The fourth-order valence-electron chi connectivity index (χ4n) is 3.34. The fourth-order valence-corrected chi connectivity index (χ4v) is 5.81. The zero-order chi connectivity index (χ0) is 20.6. The highest BCUT2D eigenvalue weighted by Gasteiger charge is 2.24. The van der Waals surface area contributed by atoms with Crippen molar-refractivity contribution in [3.8, 4) is 22.0 Å². The lowest BCUT2D eigenvalue weighted by Gasteiger charge is -2.11. The number of hydrogen-bond acceptors (Lipinski definition) is 4. The summed E-state index contributed by atoms with van der Waals surface area (Å²) < 4.78 is 10.5. The van der Waals surface area contributed by atoms with Gasteiger partial charge in [0.05, 0.1) is 25.2 Å². The molecule has 1 unspecified atom stereocenters. The minimum absolute atomic E-state index is 0.207. The van der Waals surface area contributed by atoms with Gasteiger partial charge in [-0.3, -0.25) is 4.79 Å². The molecule has 0 bridgehead atoms. The quantitative estimate of drug-likeness (QED) is 0.420. The van der Waals surface area contributed by atoms with E-state index in [0.717, 1.165) is 22.0 Å². The maximum atomic E-state index is 12.8. The minimum atomic E-state index is -0.858. The number of rotatable bonds is 8. The second-order valence-electron chi connectivity index (χ2n) is 6.47. The van der Waals surface area contributed by atoms with E-state index >= 15 is 0 Å². The predicted molar refractivity (Wildman–Crippen MR) is 117 cm³/mol. The van der Waals surface area contributed by atoms with E-state index in [1.54, 1.807) is 13.8 Å². The Kier molecular flexibility index (Phi) is 7.26. The van der Waals surface area contributed by atoms with Crippen molar-refractivity contribution < 1.29 is 19.1 Å². The number of aryl methyl sites for hydroxylation is 1. The fraction of sp³-hybridized carbons (Fsp3) is 0.250. The molecule has 29 heavy (non-hydrogen) atoms. The van der Waals surface area contributed by atoms with Gasteiger partial charge in [-0.1, -0.05) is 60.7 Å². The zero-order valence-electron chi connectivity index (χ0n) is 16.8. The van der Waals surface area contributed by atoms with Crippen LogP contribution in [-0.2, 0) is 20.4 Å². The second kappa shape index (κ2) is 10.1. The van der Waals surface area contributed by atoms with Gasteiger partial charge in [0.1, 0.15) is 0 Å². The van der Waals surface area contributed by atoms with Crippen molar-refractivity contribution in [3.63, 3.8) is 0 Å². The first-order valence-corrected chi connectivity index (χ1v) is 11.4. The first-order valence-electron chi connectivity index (χ1n) is 9.82. The highest BCUT2D eigenvalue weighted by Crippen LogP contribution is 2.52. The molecule has 0 radical (unpaired) electrons. The summed E-state index contributed by atoms with van der Waals surface area (Å²) in [5.74, 6) is 1.49. The van der Waals surface area contributed by atoms with Crippen LogP contribution in [0.15, 0.2) is 66.5 Å². The van der Waals surface area contributed by atoms with Crippen LogP contribution in [0.2, 0.25) is 0 Å². The maximum absolute atomic E-state index is 12.8. The Labute approximate surface area is 172 Å². The molecule has 2 aromatic carbocycles. The Hall–Kier alpha value is -2.84. The number of esters is 2. The maximum Gasteiger partial charge on any atom is 0.339 e. The van der Waals surface area contributed by atoms with E-state index < -0.39 is 7.53 Å². The van der Waals surface area contributed by atoms with Crippen LogP contribution in [0.3, 0.4) is 0 Å². The van der Waals surface area contributed by atoms with Crippen molar-refractivity contribution in [1.82, 2.24) is 0 Å².